The van der Waals surface area contributed by atoms with Crippen LogP contribution in [-0.2, 0) is 11.2 Å². The number of ether oxygens (including phenoxy) is 2. The van der Waals surface area contributed by atoms with Gasteiger partial charge in [0.05, 0.1) is 4.99 Å². The summed E-state index contributed by atoms with van der Waals surface area (Å²) in [5.74, 6) is 1.27. The van der Waals surface area contributed by atoms with Crippen molar-refractivity contribution in [2.75, 3.05) is 5.32 Å². The second-order valence-electron chi connectivity index (χ2n) is 8.65. The molecule has 4 nitrogen and oxygen atoms in total. The van der Waals surface area contributed by atoms with Gasteiger partial charge in [0, 0.05) is 24.6 Å². The number of anilines is 1. The zero-order valence-corrected chi connectivity index (χ0v) is 19.8. The van der Waals surface area contributed by atoms with Crippen LogP contribution < -0.4 is 14.8 Å². The van der Waals surface area contributed by atoms with Crippen molar-refractivity contribution in [1.82, 2.24) is 0 Å². The number of nitrogens with one attached hydrogen (secondary N) is 1. The molecule has 3 rings (SSSR count). The van der Waals surface area contributed by atoms with Crippen LogP contribution in [0.2, 0.25) is 0 Å². The van der Waals surface area contributed by atoms with Crippen LogP contribution in [-0.4, -0.2) is 16.6 Å². The quantitative estimate of drug-likeness (QED) is 0.366. The summed E-state index contributed by atoms with van der Waals surface area (Å²) in [4.78, 5) is 12.3. The molecule has 1 atom stereocenters. The van der Waals surface area contributed by atoms with Gasteiger partial charge in [-0.1, -0.05) is 30.4 Å². The van der Waals surface area contributed by atoms with Gasteiger partial charge in [0.1, 0.15) is 17.1 Å². The van der Waals surface area contributed by atoms with Crippen LogP contribution in [0, 0.1) is 34.6 Å². The van der Waals surface area contributed by atoms with Gasteiger partial charge in [0.15, 0.2) is 0 Å². The molecule has 1 aliphatic rings. The molecule has 0 saturated heterocycles. The van der Waals surface area contributed by atoms with E-state index in [0.29, 0.717) is 12.2 Å². The molecule has 2 aromatic carbocycles. The van der Waals surface area contributed by atoms with E-state index in [-0.39, 0.29) is 11.6 Å². The summed E-state index contributed by atoms with van der Waals surface area (Å²) < 4.78 is 12.1. The molecular weight excluding hydrogens is 394 g/mol. The van der Waals surface area contributed by atoms with E-state index in [9.17, 15) is 4.79 Å². The fourth-order valence-electron chi connectivity index (χ4n) is 4.24. The van der Waals surface area contributed by atoms with Crippen LogP contribution in [0.1, 0.15) is 60.1 Å². The van der Waals surface area contributed by atoms with Crippen molar-refractivity contribution in [3.8, 4) is 11.5 Å². The van der Waals surface area contributed by atoms with Gasteiger partial charge >= 0.3 is 5.97 Å². The van der Waals surface area contributed by atoms with E-state index in [1.165, 1.54) is 18.1 Å². The lowest BCUT2D eigenvalue weighted by atomic mass is 9.85. The number of esters is 1. The van der Waals surface area contributed by atoms with Crippen molar-refractivity contribution in [3.63, 3.8) is 0 Å². The van der Waals surface area contributed by atoms with Crippen molar-refractivity contribution in [1.29, 1.82) is 0 Å². The Morgan fingerprint density at radius 3 is 2.37 bits per heavy atom. The highest BCUT2D eigenvalue weighted by molar-refractivity contribution is 7.80. The SMILES string of the molecule is CC(=O)Oc1c(C)c(C)c2c(c1C)CCC(C)(CC(=S)Nc1c(C)cccc1C)O2. The molecule has 2 aromatic rings. The minimum Gasteiger partial charge on any atom is -0.487 e. The Morgan fingerprint density at radius 2 is 1.77 bits per heavy atom. The van der Waals surface area contributed by atoms with Gasteiger partial charge in [-0.2, -0.15) is 0 Å². The van der Waals surface area contributed by atoms with Crippen molar-refractivity contribution in [2.45, 2.75) is 73.3 Å². The maximum absolute atomic E-state index is 11.5. The monoisotopic (exact) mass is 425 g/mol. The van der Waals surface area contributed by atoms with E-state index in [2.05, 4.69) is 44.3 Å². The number of rotatable bonds is 4. The molecule has 0 aromatic heterocycles. The number of thiocarbonyl (C=S) groups is 1. The molecular formula is C25H31NO3S. The highest BCUT2D eigenvalue weighted by Crippen LogP contribution is 2.44. The molecule has 0 aliphatic carbocycles. The van der Waals surface area contributed by atoms with E-state index in [1.807, 2.05) is 20.8 Å². The van der Waals surface area contributed by atoms with Crippen LogP contribution in [0.4, 0.5) is 5.69 Å². The van der Waals surface area contributed by atoms with Gasteiger partial charge in [-0.3, -0.25) is 4.79 Å². The second-order valence-corrected chi connectivity index (χ2v) is 9.14. The third-order valence-electron chi connectivity index (χ3n) is 6.09. The van der Waals surface area contributed by atoms with Gasteiger partial charge in [-0.25, -0.2) is 0 Å². The number of benzene rings is 2. The lowest BCUT2D eigenvalue weighted by molar-refractivity contribution is -0.132. The Hall–Kier alpha value is -2.40. The van der Waals surface area contributed by atoms with Crippen molar-refractivity contribution in [2.24, 2.45) is 0 Å². The van der Waals surface area contributed by atoms with Crippen molar-refractivity contribution >= 4 is 28.9 Å². The Kier molecular flexibility index (Phi) is 6.23. The minimum atomic E-state index is -0.389. The smallest absolute Gasteiger partial charge is 0.308 e. The summed E-state index contributed by atoms with van der Waals surface area (Å²) in [7, 11) is 0. The standard InChI is InChI=1S/C25H31NO3S/c1-14-9-8-10-15(2)22(14)26-21(30)13-25(7)12-11-20-18(5)23(28-19(6)27)16(3)17(4)24(20)29-25/h8-10H,11-13H2,1-7H3,(H,26,30). The molecule has 0 bridgehead atoms. The first kappa shape index (κ1) is 22.3. The van der Waals surface area contributed by atoms with E-state index < -0.39 is 0 Å². The third-order valence-corrected chi connectivity index (χ3v) is 6.34. The Morgan fingerprint density at radius 1 is 1.13 bits per heavy atom. The molecule has 0 radical (unpaired) electrons. The highest BCUT2D eigenvalue weighted by Gasteiger charge is 2.36. The van der Waals surface area contributed by atoms with Crippen LogP contribution in [0.3, 0.4) is 0 Å². The maximum Gasteiger partial charge on any atom is 0.308 e. The van der Waals surface area contributed by atoms with Gasteiger partial charge in [-0.05, 0) is 82.2 Å². The summed E-state index contributed by atoms with van der Waals surface area (Å²) in [6.45, 7) is 13.7. The Balaban J connectivity index is 1.84. The predicted octanol–water partition coefficient (Wildman–Crippen LogP) is 6.07. The predicted molar refractivity (Wildman–Crippen MR) is 126 cm³/mol. The number of carbonyl (C=O) groups excluding carboxylic acids is 1. The molecule has 0 spiro atoms. The number of fused-ring (bicyclic) bond motifs is 1. The first-order valence-electron chi connectivity index (χ1n) is 10.4. The molecule has 1 N–H and O–H groups in total. The summed E-state index contributed by atoms with van der Waals surface area (Å²) in [5, 5.41) is 3.44. The molecule has 1 aliphatic heterocycles. The van der Waals surface area contributed by atoms with Crippen LogP contribution in [0.25, 0.3) is 0 Å². The van der Waals surface area contributed by atoms with Crippen LogP contribution in [0.5, 0.6) is 11.5 Å². The highest BCUT2D eigenvalue weighted by atomic mass is 32.1. The number of para-hydroxylation sites is 1. The van der Waals surface area contributed by atoms with Gasteiger partial charge in [0.2, 0.25) is 0 Å². The molecule has 1 unspecified atom stereocenters. The largest absolute Gasteiger partial charge is 0.487 e. The fraction of sp³-hybridized carbons (Fsp3) is 0.440. The van der Waals surface area contributed by atoms with E-state index in [4.69, 9.17) is 21.7 Å². The van der Waals surface area contributed by atoms with Crippen molar-refractivity contribution < 1.29 is 14.3 Å². The number of hydrogen-bond donors (Lipinski definition) is 1. The molecule has 5 heteroatoms. The lowest BCUT2D eigenvalue weighted by Gasteiger charge is -2.38. The molecule has 0 amide bonds. The number of carbonyl (C=O) groups is 1. The number of aryl methyl sites for hydroxylation is 2. The molecule has 30 heavy (non-hydrogen) atoms. The Bertz CT molecular complexity index is 1010. The molecule has 0 fully saturated rings. The van der Waals surface area contributed by atoms with E-state index in [0.717, 1.165) is 51.5 Å². The van der Waals surface area contributed by atoms with Crippen LogP contribution in [0.15, 0.2) is 18.2 Å². The third kappa shape index (κ3) is 4.36. The molecule has 0 saturated carbocycles. The summed E-state index contributed by atoms with van der Waals surface area (Å²) in [5.41, 5.74) is 7.13. The van der Waals surface area contributed by atoms with Gasteiger partial charge < -0.3 is 14.8 Å². The Labute approximate surface area is 185 Å². The zero-order valence-electron chi connectivity index (χ0n) is 19.0. The fourth-order valence-corrected chi connectivity index (χ4v) is 4.65. The molecule has 1 heterocycles. The topological polar surface area (TPSA) is 47.6 Å². The molecule has 160 valence electrons. The minimum absolute atomic E-state index is 0.301. The van der Waals surface area contributed by atoms with Gasteiger partial charge in [0.25, 0.3) is 0 Å². The summed E-state index contributed by atoms with van der Waals surface area (Å²) in [6.07, 6.45) is 2.34. The first-order valence-corrected chi connectivity index (χ1v) is 10.8. The van der Waals surface area contributed by atoms with Crippen molar-refractivity contribution in [3.05, 3.63) is 51.6 Å². The van der Waals surface area contributed by atoms with Gasteiger partial charge in [-0.15, -0.1) is 0 Å². The number of hydrogen-bond acceptors (Lipinski definition) is 4. The van der Waals surface area contributed by atoms with E-state index >= 15 is 0 Å². The average molecular weight is 426 g/mol. The van der Waals surface area contributed by atoms with E-state index in [1.54, 1.807) is 0 Å². The average Bonchev–Trinajstić information content (AvgIpc) is 2.66. The zero-order chi connectivity index (χ0) is 22.2. The first-order chi connectivity index (χ1) is 14.0. The maximum atomic E-state index is 11.5. The lowest BCUT2D eigenvalue weighted by Crippen LogP contribution is -2.40. The second kappa shape index (κ2) is 8.38. The van der Waals surface area contributed by atoms with Crippen LogP contribution >= 0.6 is 12.2 Å². The normalized spacial score (nSPS) is 17.7. The summed E-state index contributed by atoms with van der Waals surface area (Å²) >= 11 is 5.71. The summed E-state index contributed by atoms with van der Waals surface area (Å²) in [6, 6.07) is 6.23.